The summed E-state index contributed by atoms with van der Waals surface area (Å²) < 4.78 is 0. The fourth-order valence-electron chi connectivity index (χ4n) is 3.84. The first-order chi connectivity index (χ1) is 18.4. The zero-order valence-corrected chi connectivity index (χ0v) is 20.8. The van der Waals surface area contributed by atoms with Crippen LogP contribution in [0.25, 0.3) is 22.4 Å². The van der Waals surface area contributed by atoms with E-state index in [4.69, 9.17) is 0 Å². The van der Waals surface area contributed by atoms with Crippen LogP contribution in [0.3, 0.4) is 0 Å². The van der Waals surface area contributed by atoms with Crippen molar-refractivity contribution in [2.45, 2.75) is 13.8 Å². The fraction of sp³-hybridized carbons (Fsp3) is 0.0690. The molecule has 0 aliphatic rings. The van der Waals surface area contributed by atoms with Gasteiger partial charge in [-0.25, -0.2) is 15.0 Å². The lowest BCUT2D eigenvalue weighted by Crippen LogP contribution is -2.31. The summed E-state index contributed by atoms with van der Waals surface area (Å²) in [6.07, 6.45) is 5.10. The maximum Gasteiger partial charge on any atom is 0.288 e. The van der Waals surface area contributed by atoms with Crippen LogP contribution >= 0.6 is 0 Å². The normalized spacial score (nSPS) is 10.6. The van der Waals surface area contributed by atoms with Gasteiger partial charge in [0.1, 0.15) is 11.4 Å². The molecule has 3 heterocycles. The van der Waals surface area contributed by atoms with E-state index in [2.05, 4.69) is 36.1 Å². The number of pyridine rings is 2. The van der Waals surface area contributed by atoms with E-state index >= 15 is 0 Å². The van der Waals surface area contributed by atoms with Crippen LogP contribution in [0.5, 0.6) is 5.75 Å². The number of nitrogens with zero attached hydrogens (tertiary/aromatic N) is 4. The molecule has 9 nitrogen and oxygen atoms in total. The van der Waals surface area contributed by atoms with Gasteiger partial charge >= 0.3 is 0 Å². The van der Waals surface area contributed by atoms with E-state index in [0.29, 0.717) is 5.69 Å². The Morgan fingerprint density at radius 2 is 1.61 bits per heavy atom. The van der Waals surface area contributed by atoms with Gasteiger partial charge < -0.3 is 10.4 Å². The maximum absolute atomic E-state index is 12.6. The van der Waals surface area contributed by atoms with Crippen LogP contribution in [0.4, 0.5) is 17.3 Å². The number of anilines is 3. The molecule has 0 saturated carbocycles. The minimum atomic E-state index is -0.420. The third kappa shape index (κ3) is 5.90. The molecule has 0 spiro atoms. The number of aromatic nitrogens is 4. The van der Waals surface area contributed by atoms with Crippen LogP contribution in [-0.2, 0) is 0 Å². The SMILES string of the molecule is Cc1cncc(-c2cc(C)nc(NNC(=O)c3ccc(Nc4ccc(-c5cccc(O)c5)cc4)cn3)n2)c1. The second-order valence-electron chi connectivity index (χ2n) is 8.73. The van der Waals surface area contributed by atoms with Crippen molar-refractivity contribution >= 4 is 23.2 Å². The Hall–Kier alpha value is -5.31. The van der Waals surface area contributed by atoms with Crippen molar-refractivity contribution in [3.63, 3.8) is 0 Å². The first-order valence-electron chi connectivity index (χ1n) is 11.9. The molecule has 188 valence electrons. The van der Waals surface area contributed by atoms with Gasteiger partial charge in [-0.05, 0) is 79.1 Å². The van der Waals surface area contributed by atoms with E-state index in [1.54, 1.807) is 42.9 Å². The summed E-state index contributed by atoms with van der Waals surface area (Å²) in [7, 11) is 0. The van der Waals surface area contributed by atoms with Crippen molar-refractivity contribution < 1.29 is 9.90 Å². The monoisotopic (exact) mass is 503 g/mol. The molecule has 38 heavy (non-hydrogen) atoms. The molecule has 4 N–H and O–H groups in total. The molecule has 0 bridgehead atoms. The fourth-order valence-corrected chi connectivity index (χ4v) is 3.84. The van der Waals surface area contributed by atoms with Gasteiger partial charge in [0.05, 0.1) is 17.6 Å². The summed E-state index contributed by atoms with van der Waals surface area (Å²) in [6.45, 7) is 3.82. The van der Waals surface area contributed by atoms with E-state index in [0.717, 1.165) is 39.3 Å². The number of benzene rings is 2. The molecule has 3 aromatic heterocycles. The number of aryl methyl sites for hydroxylation is 2. The minimum absolute atomic E-state index is 0.228. The molecule has 0 aliphatic heterocycles. The number of hydrazine groups is 1. The Morgan fingerprint density at radius 1 is 0.789 bits per heavy atom. The van der Waals surface area contributed by atoms with E-state index in [1.807, 2.05) is 62.4 Å². The predicted molar refractivity (Wildman–Crippen MR) is 147 cm³/mol. The number of phenols is 1. The van der Waals surface area contributed by atoms with Crippen molar-refractivity contribution in [2.75, 3.05) is 10.7 Å². The van der Waals surface area contributed by atoms with Crippen molar-refractivity contribution in [2.24, 2.45) is 0 Å². The van der Waals surface area contributed by atoms with Crippen LogP contribution in [0.15, 0.2) is 91.4 Å². The highest BCUT2D eigenvalue weighted by molar-refractivity contribution is 5.93. The molecular formula is C29H25N7O2. The average molecular weight is 504 g/mol. The summed E-state index contributed by atoms with van der Waals surface area (Å²) in [5.74, 6) is 0.0734. The zero-order chi connectivity index (χ0) is 26.5. The molecule has 5 rings (SSSR count). The first kappa shape index (κ1) is 24.4. The number of amides is 1. The van der Waals surface area contributed by atoms with Crippen LogP contribution in [0.2, 0.25) is 0 Å². The van der Waals surface area contributed by atoms with Gasteiger partial charge in [-0.3, -0.25) is 20.6 Å². The Labute approximate surface area is 219 Å². The molecule has 0 aliphatic carbocycles. The summed E-state index contributed by atoms with van der Waals surface area (Å²) in [5.41, 5.74) is 12.5. The van der Waals surface area contributed by atoms with Gasteiger partial charge in [0.2, 0.25) is 5.95 Å². The Balaban J connectivity index is 1.20. The van der Waals surface area contributed by atoms with Gasteiger partial charge in [-0.1, -0.05) is 24.3 Å². The number of rotatable bonds is 7. The molecule has 0 unspecified atom stereocenters. The Bertz CT molecular complexity index is 1590. The van der Waals surface area contributed by atoms with E-state index in [-0.39, 0.29) is 17.4 Å². The summed E-state index contributed by atoms with van der Waals surface area (Å²) >= 11 is 0. The second-order valence-corrected chi connectivity index (χ2v) is 8.73. The molecule has 0 radical (unpaired) electrons. The molecule has 2 aromatic carbocycles. The van der Waals surface area contributed by atoms with Crippen molar-refractivity contribution in [1.29, 1.82) is 0 Å². The minimum Gasteiger partial charge on any atom is -0.508 e. The van der Waals surface area contributed by atoms with Gasteiger partial charge in [-0.15, -0.1) is 0 Å². The molecule has 0 atom stereocenters. The molecule has 1 amide bonds. The van der Waals surface area contributed by atoms with E-state index in [1.165, 1.54) is 0 Å². The van der Waals surface area contributed by atoms with Crippen LogP contribution in [0.1, 0.15) is 21.7 Å². The van der Waals surface area contributed by atoms with Crippen LogP contribution < -0.4 is 16.2 Å². The number of carbonyl (C=O) groups is 1. The van der Waals surface area contributed by atoms with Crippen molar-refractivity contribution in [3.8, 4) is 28.1 Å². The van der Waals surface area contributed by atoms with Gasteiger partial charge in [0.15, 0.2) is 0 Å². The highest BCUT2D eigenvalue weighted by atomic mass is 16.3. The lowest BCUT2D eigenvalue weighted by atomic mass is 10.1. The summed E-state index contributed by atoms with van der Waals surface area (Å²) in [6, 6.07) is 22.2. The molecular weight excluding hydrogens is 478 g/mol. The third-order valence-electron chi connectivity index (χ3n) is 5.66. The number of hydrogen-bond donors (Lipinski definition) is 4. The molecule has 0 saturated heterocycles. The van der Waals surface area contributed by atoms with Gasteiger partial charge in [0.25, 0.3) is 5.91 Å². The third-order valence-corrected chi connectivity index (χ3v) is 5.66. The lowest BCUT2D eigenvalue weighted by Gasteiger charge is -2.10. The maximum atomic E-state index is 12.6. The average Bonchev–Trinajstić information content (AvgIpc) is 2.92. The quantitative estimate of drug-likeness (QED) is 0.217. The van der Waals surface area contributed by atoms with Crippen LogP contribution in [-0.4, -0.2) is 30.9 Å². The van der Waals surface area contributed by atoms with Gasteiger partial charge in [0, 0.05) is 29.3 Å². The van der Waals surface area contributed by atoms with Crippen molar-refractivity contribution in [3.05, 3.63) is 108 Å². The number of phenolic OH excluding ortho intramolecular Hbond substituents is 1. The largest absolute Gasteiger partial charge is 0.508 e. The highest BCUT2D eigenvalue weighted by Crippen LogP contribution is 2.26. The highest BCUT2D eigenvalue weighted by Gasteiger charge is 2.10. The molecule has 5 aromatic rings. The topological polar surface area (TPSA) is 125 Å². The van der Waals surface area contributed by atoms with Crippen molar-refractivity contribution in [1.82, 2.24) is 25.4 Å². The smallest absolute Gasteiger partial charge is 0.288 e. The van der Waals surface area contributed by atoms with E-state index < -0.39 is 5.91 Å². The second kappa shape index (κ2) is 10.8. The Kier molecular flexibility index (Phi) is 6.90. The number of carbonyl (C=O) groups excluding carboxylic acids is 1. The zero-order valence-electron chi connectivity index (χ0n) is 20.8. The number of nitrogens with one attached hydrogen (secondary N) is 3. The standard InChI is InChI=1S/C29H25N7O2/c1-18-12-22(16-30-15-18)27-13-19(2)32-29(34-27)36-35-28(38)26-11-10-24(17-31-26)33-23-8-6-20(7-9-23)21-4-3-5-25(37)14-21/h3-17,33,37H,1-2H3,(H,35,38)(H,32,34,36). The Morgan fingerprint density at radius 3 is 2.34 bits per heavy atom. The van der Waals surface area contributed by atoms with E-state index in [9.17, 15) is 9.90 Å². The summed E-state index contributed by atoms with van der Waals surface area (Å²) in [4.78, 5) is 29.9. The summed E-state index contributed by atoms with van der Waals surface area (Å²) in [5, 5.41) is 13.0. The predicted octanol–water partition coefficient (Wildman–Crippen LogP) is 5.42. The van der Waals surface area contributed by atoms with Gasteiger partial charge in [-0.2, -0.15) is 0 Å². The first-order valence-corrected chi connectivity index (χ1v) is 11.9. The molecule has 9 heteroatoms. The lowest BCUT2D eigenvalue weighted by molar-refractivity contribution is 0.0957. The van der Waals surface area contributed by atoms with Crippen LogP contribution in [0, 0.1) is 13.8 Å². The molecule has 0 fully saturated rings. The number of aromatic hydroxyl groups is 1. The number of hydrogen-bond acceptors (Lipinski definition) is 8.